The number of rotatable bonds is 4. The lowest BCUT2D eigenvalue weighted by Crippen LogP contribution is -2.67. The van der Waals surface area contributed by atoms with E-state index in [1.165, 1.54) is 31.3 Å². The van der Waals surface area contributed by atoms with Crippen molar-refractivity contribution in [1.82, 2.24) is 0 Å². The van der Waals surface area contributed by atoms with Gasteiger partial charge in [0.25, 0.3) is 0 Å². The summed E-state index contributed by atoms with van der Waals surface area (Å²) in [7, 11) is 0. The van der Waals surface area contributed by atoms with E-state index in [-0.39, 0.29) is 39.1 Å². The molecule has 1 N–H and O–H groups in total. The molecule has 10 atom stereocenters. The van der Waals surface area contributed by atoms with E-state index >= 15 is 0 Å². The highest BCUT2D eigenvalue weighted by molar-refractivity contribution is 5.78. The number of hydrogen-bond acceptors (Lipinski definition) is 3. The molecule has 1 aromatic carbocycles. The highest BCUT2D eigenvalue weighted by Crippen LogP contribution is 2.77. The van der Waals surface area contributed by atoms with Crippen LogP contribution in [0.3, 0.4) is 0 Å². The average molecular weight is 547 g/mol. The van der Waals surface area contributed by atoms with Crippen molar-refractivity contribution in [3.63, 3.8) is 0 Å². The summed E-state index contributed by atoms with van der Waals surface area (Å²) in [6.45, 7) is 19.6. The third-order valence-electron chi connectivity index (χ3n) is 14.7. The first-order valence-corrected chi connectivity index (χ1v) is 16.4. The maximum atomic E-state index is 14.1. The predicted octanol–water partition coefficient (Wildman–Crippen LogP) is 8.75. The Morgan fingerprint density at radius 3 is 2.30 bits per heavy atom. The quantitative estimate of drug-likeness (QED) is 0.303. The fourth-order valence-electron chi connectivity index (χ4n) is 12.4. The van der Waals surface area contributed by atoms with Gasteiger partial charge in [-0.25, -0.2) is 0 Å². The zero-order valence-electron chi connectivity index (χ0n) is 26.1. The van der Waals surface area contributed by atoms with Crippen molar-refractivity contribution < 1.29 is 14.6 Å². The molecule has 2 unspecified atom stereocenters. The molecule has 5 fully saturated rings. The third-order valence-corrected chi connectivity index (χ3v) is 14.7. The number of hydrogen-bond donors (Lipinski definition) is 1. The minimum absolute atomic E-state index is 0.0210. The van der Waals surface area contributed by atoms with Crippen LogP contribution in [0.25, 0.3) is 0 Å². The molecule has 0 radical (unpaired) electrons. The van der Waals surface area contributed by atoms with E-state index in [4.69, 9.17) is 4.74 Å². The minimum Gasteiger partial charge on any atom is -0.460 e. The molecule has 0 spiro atoms. The molecular weight excluding hydrogens is 492 g/mol. The molecule has 0 amide bonds. The highest BCUT2D eigenvalue weighted by Gasteiger charge is 2.72. The second-order valence-corrected chi connectivity index (χ2v) is 16.3. The van der Waals surface area contributed by atoms with Gasteiger partial charge in [-0.2, -0.15) is 0 Å². The van der Waals surface area contributed by atoms with Crippen LogP contribution in [0.4, 0.5) is 0 Å². The van der Waals surface area contributed by atoms with Gasteiger partial charge >= 0.3 is 5.97 Å². The van der Waals surface area contributed by atoms with Crippen molar-refractivity contribution in [2.45, 2.75) is 118 Å². The first-order chi connectivity index (χ1) is 18.8. The van der Waals surface area contributed by atoms with E-state index < -0.39 is 0 Å². The Morgan fingerprint density at radius 1 is 0.875 bits per heavy atom. The fourth-order valence-corrected chi connectivity index (χ4v) is 12.4. The average Bonchev–Trinajstić information content (AvgIpc) is 3.32. The molecule has 3 nitrogen and oxygen atoms in total. The summed E-state index contributed by atoms with van der Waals surface area (Å²) in [5.41, 5.74) is 2.67. The van der Waals surface area contributed by atoms with E-state index in [1.807, 2.05) is 18.2 Å². The molecule has 0 heterocycles. The van der Waals surface area contributed by atoms with Gasteiger partial charge in [-0.15, -0.1) is 0 Å². The first kappa shape index (κ1) is 28.5. The fraction of sp³-hybridized carbons (Fsp3) is 0.757. The van der Waals surface area contributed by atoms with Crippen molar-refractivity contribution >= 4 is 5.97 Å². The molecule has 5 aliphatic rings. The molecule has 0 saturated heterocycles. The Bertz CT molecular complexity index is 1160. The molecule has 220 valence electrons. The van der Waals surface area contributed by atoms with Crippen molar-refractivity contribution in [2.75, 3.05) is 0 Å². The monoisotopic (exact) mass is 546 g/mol. The lowest BCUT2D eigenvalue weighted by molar-refractivity contribution is -0.248. The predicted molar refractivity (Wildman–Crippen MR) is 161 cm³/mol. The van der Waals surface area contributed by atoms with Gasteiger partial charge in [0.15, 0.2) is 0 Å². The molecule has 0 aromatic heterocycles. The number of carbonyl (C=O) groups is 1. The smallest absolute Gasteiger partial charge is 0.312 e. The van der Waals surface area contributed by atoms with Crippen LogP contribution in [0.5, 0.6) is 0 Å². The van der Waals surface area contributed by atoms with Crippen LogP contribution >= 0.6 is 0 Å². The molecule has 40 heavy (non-hydrogen) atoms. The van der Waals surface area contributed by atoms with E-state index in [0.29, 0.717) is 36.2 Å². The summed E-state index contributed by atoms with van der Waals surface area (Å²) in [5, 5.41) is 11.0. The maximum Gasteiger partial charge on any atom is 0.312 e. The van der Waals surface area contributed by atoms with Gasteiger partial charge in [-0.1, -0.05) is 77.1 Å². The van der Waals surface area contributed by atoms with Crippen molar-refractivity contribution in [2.24, 2.45) is 56.7 Å². The van der Waals surface area contributed by atoms with Gasteiger partial charge in [0.1, 0.15) is 6.61 Å². The normalized spacial score (nSPS) is 47.3. The molecule has 0 aliphatic heterocycles. The minimum atomic E-state index is -0.371. The van der Waals surface area contributed by atoms with Gasteiger partial charge in [0.2, 0.25) is 0 Å². The molecule has 3 heteroatoms. The number of carbonyl (C=O) groups excluding carboxylic acids is 1. The molecule has 0 bridgehead atoms. The van der Waals surface area contributed by atoms with Crippen LogP contribution in [-0.2, 0) is 16.1 Å². The van der Waals surface area contributed by atoms with E-state index in [9.17, 15) is 9.90 Å². The lowest BCUT2D eigenvalue weighted by Gasteiger charge is -2.72. The summed E-state index contributed by atoms with van der Waals surface area (Å²) < 4.78 is 6.17. The SMILES string of the molecule is C=C(C)[C@@H]1CC[C@]2(C(=O)OCc3ccccc3)CC[C@]3(C)C(CC[C@H]4C3(C)CC[C@H]3C(C)(C)[C@@H](O)CC[C@@]34C)[C@@H]12. The number of aliphatic hydroxyl groups is 1. The number of allylic oxidation sites excluding steroid dienone is 1. The van der Waals surface area contributed by atoms with Gasteiger partial charge in [0, 0.05) is 0 Å². The number of fused-ring (bicyclic) bond motifs is 7. The topological polar surface area (TPSA) is 46.5 Å². The molecule has 5 saturated carbocycles. The Hall–Kier alpha value is -1.61. The number of benzene rings is 1. The van der Waals surface area contributed by atoms with E-state index in [0.717, 1.165) is 44.1 Å². The van der Waals surface area contributed by atoms with Crippen molar-refractivity contribution in [1.29, 1.82) is 0 Å². The second kappa shape index (κ2) is 9.45. The van der Waals surface area contributed by atoms with Gasteiger partial charge in [-0.05, 0) is 128 Å². The summed E-state index contributed by atoms with van der Waals surface area (Å²) in [6.07, 6.45) is 10.9. The summed E-state index contributed by atoms with van der Waals surface area (Å²) >= 11 is 0. The maximum absolute atomic E-state index is 14.1. The first-order valence-electron chi connectivity index (χ1n) is 16.4. The Kier molecular flexibility index (Phi) is 6.73. The van der Waals surface area contributed by atoms with Crippen LogP contribution in [0.2, 0.25) is 0 Å². The van der Waals surface area contributed by atoms with Gasteiger partial charge < -0.3 is 9.84 Å². The molecular formula is C37H54O3. The lowest BCUT2D eigenvalue weighted by atomic mass is 9.32. The Labute approximate surface area is 243 Å². The zero-order chi connectivity index (χ0) is 28.7. The number of esters is 1. The van der Waals surface area contributed by atoms with Crippen LogP contribution in [0, 0.1) is 56.7 Å². The Balaban J connectivity index is 1.34. The van der Waals surface area contributed by atoms with E-state index in [2.05, 4.69) is 60.3 Å². The summed E-state index contributed by atoms with van der Waals surface area (Å²) in [6, 6.07) is 10.2. The van der Waals surface area contributed by atoms with Gasteiger partial charge in [0.05, 0.1) is 11.5 Å². The van der Waals surface area contributed by atoms with E-state index in [1.54, 1.807) is 0 Å². The van der Waals surface area contributed by atoms with Crippen molar-refractivity contribution in [3.8, 4) is 0 Å². The molecule has 5 aliphatic carbocycles. The second-order valence-electron chi connectivity index (χ2n) is 16.3. The summed E-state index contributed by atoms with van der Waals surface area (Å²) in [4.78, 5) is 14.1. The largest absolute Gasteiger partial charge is 0.460 e. The van der Waals surface area contributed by atoms with Crippen LogP contribution < -0.4 is 0 Å². The zero-order valence-corrected chi connectivity index (χ0v) is 26.1. The van der Waals surface area contributed by atoms with Gasteiger partial charge in [-0.3, -0.25) is 4.79 Å². The van der Waals surface area contributed by atoms with Crippen molar-refractivity contribution in [3.05, 3.63) is 48.0 Å². The number of aliphatic hydroxyl groups excluding tert-OH is 1. The van der Waals surface area contributed by atoms with Crippen LogP contribution in [-0.4, -0.2) is 17.2 Å². The van der Waals surface area contributed by atoms with Crippen LogP contribution in [0.1, 0.15) is 111 Å². The third kappa shape index (κ3) is 3.74. The molecule has 6 rings (SSSR count). The summed E-state index contributed by atoms with van der Waals surface area (Å²) in [5.74, 6) is 2.57. The number of ether oxygens (including phenoxy) is 1. The molecule has 1 aromatic rings. The highest BCUT2D eigenvalue weighted by atomic mass is 16.5. The standard InChI is InChI=1S/C37H54O3/c1-24(2)26-15-20-37(32(39)40-23-25-11-9-8-10-12-25)22-21-35(6)27(31(26)37)13-14-29-34(5)18-17-30(38)33(3,4)28(34)16-19-36(29,35)7/h8-12,26-31,38H,1,13-23H2,2-7H3/t26-,27?,28-,29+,30-,31+,34-,35+,36?,37-/m0/s1. The Morgan fingerprint density at radius 2 is 1.60 bits per heavy atom. The van der Waals surface area contributed by atoms with Crippen LogP contribution in [0.15, 0.2) is 42.5 Å².